The van der Waals surface area contributed by atoms with Gasteiger partial charge in [-0.15, -0.1) is 0 Å². The summed E-state index contributed by atoms with van der Waals surface area (Å²) in [4.78, 5) is 7.42. The van der Waals surface area contributed by atoms with Crippen LogP contribution in [0.1, 0.15) is 12.8 Å². The summed E-state index contributed by atoms with van der Waals surface area (Å²) in [5, 5.41) is 2.88. The van der Waals surface area contributed by atoms with Crippen molar-refractivity contribution in [2.45, 2.75) is 24.6 Å². The molecule has 1 aliphatic rings. The second kappa shape index (κ2) is 4.48. The van der Waals surface area contributed by atoms with Crippen molar-refractivity contribution < 1.29 is 17.9 Å². The SMILES string of the molecule is FC(F)(F)C1(Oc2cnccn2)CCNCC1. The highest BCUT2D eigenvalue weighted by Gasteiger charge is 2.57. The van der Waals surface area contributed by atoms with E-state index < -0.39 is 11.8 Å². The maximum atomic E-state index is 13.1. The van der Waals surface area contributed by atoms with Crippen LogP contribution in [-0.2, 0) is 0 Å². The predicted octanol–water partition coefficient (Wildman–Crippen LogP) is 1.54. The topological polar surface area (TPSA) is 47.0 Å². The van der Waals surface area contributed by atoms with Crippen LogP contribution in [0.4, 0.5) is 13.2 Å². The van der Waals surface area contributed by atoms with Crippen LogP contribution < -0.4 is 10.1 Å². The third-order valence-electron chi connectivity index (χ3n) is 2.77. The van der Waals surface area contributed by atoms with E-state index in [0.717, 1.165) is 0 Å². The summed E-state index contributed by atoms with van der Waals surface area (Å²) >= 11 is 0. The van der Waals surface area contributed by atoms with Gasteiger partial charge in [0.15, 0.2) is 0 Å². The molecule has 0 atom stereocenters. The lowest BCUT2D eigenvalue weighted by atomic mass is 9.91. The number of hydrogen-bond donors (Lipinski definition) is 1. The van der Waals surface area contributed by atoms with Gasteiger partial charge in [0.25, 0.3) is 0 Å². The molecule has 0 saturated carbocycles. The maximum absolute atomic E-state index is 13.1. The third-order valence-corrected chi connectivity index (χ3v) is 2.77. The van der Waals surface area contributed by atoms with E-state index in [9.17, 15) is 13.2 Å². The van der Waals surface area contributed by atoms with Gasteiger partial charge >= 0.3 is 6.18 Å². The summed E-state index contributed by atoms with van der Waals surface area (Å²) in [6.45, 7) is 0.555. The summed E-state index contributed by atoms with van der Waals surface area (Å²) in [6.07, 6.45) is -0.766. The van der Waals surface area contributed by atoms with Gasteiger partial charge < -0.3 is 10.1 Å². The number of ether oxygens (including phenoxy) is 1. The number of aromatic nitrogens is 2. The molecular formula is C10H12F3N3O. The second-order valence-corrected chi connectivity index (χ2v) is 3.89. The Hall–Kier alpha value is -1.37. The summed E-state index contributed by atoms with van der Waals surface area (Å²) in [6, 6.07) is 0. The van der Waals surface area contributed by atoms with Crippen LogP contribution in [0.5, 0.6) is 5.88 Å². The smallest absolute Gasteiger partial charge is 0.428 e. The van der Waals surface area contributed by atoms with Crippen molar-refractivity contribution in [1.29, 1.82) is 0 Å². The second-order valence-electron chi connectivity index (χ2n) is 3.89. The van der Waals surface area contributed by atoms with Crippen molar-refractivity contribution >= 4 is 0 Å². The first-order valence-electron chi connectivity index (χ1n) is 5.26. The summed E-state index contributed by atoms with van der Waals surface area (Å²) in [7, 11) is 0. The van der Waals surface area contributed by atoms with Crippen LogP contribution in [0.2, 0.25) is 0 Å². The standard InChI is InChI=1S/C10H12F3N3O/c11-10(12,13)9(1-3-14-4-2-9)17-8-7-15-5-6-16-8/h5-7,14H,1-4H2. The average molecular weight is 247 g/mol. The van der Waals surface area contributed by atoms with E-state index in [-0.39, 0.29) is 31.8 Å². The summed E-state index contributed by atoms with van der Waals surface area (Å²) in [5.41, 5.74) is -2.14. The molecule has 17 heavy (non-hydrogen) atoms. The molecule has 0 spiro atoms. The quantitative estimate of drug-likeness (QED) is 0.861. The lowest BCUT2D eigenvalue weighted by molar-refractivity contribution is -0.257. The summed E-state index contributed by atoms with van der Waals surface area (Å²) < 4.78 is 44.3. The van der Waals surface area contributed by atoms with E-state index in [1.165, 1.54) is 18.6 Å². The van der Waals surface area contributed by atoms with Gasteiger partial charge in [0.2, 0.25) is 11.5 Å². The van der Waals surface area contributed by atoms with Gasteiger partial charge in [0.05, 0.1) is 6.20 Å². The fraction of sp³-hybridized carbons (Fsp3) is 0.600. The van der Waals surface area contributed by atoms with E-state index in [1.807, 2.05) is 0 Å². The van der Waals surface area contributed by atoms with Crippen LogP contribution in [0.25, 0.3) is 0 Å². The summed E-state index contributed by atoms with van der Waals surface area (Å²) in [5.74, 6) is -0.0910. The largest absolute Gasteiger partial charge is 0.460 e. The van der Waals surface area contributed by atoms with Gasteiger partial charge in [0.1, 0.15) is 0 Å². The average Bonchev–Trinajstić information content (AvgIpc) is 2.30. The highest BCUT2D eigenvalue weighted by Crippen LogP contribution is 2.40. The molecule has 2 heterocycles. The van der Waals surface area contributed by atoms with E-state index >= 15 is 0 Å². The Balaban J connectivity index is 2.22. The highest BCUT2D eigenvalue weighted by atomic mass is 19.4. The van der Waals surface area contributed by atoms with Gasteiger partial charge in [-0.2, -0.15) is 13.2 Å². The Morgan fingerprint density at radius 3 is 2.47 bits per heavy atom. The molecule has 0 unspecified atom stereocenters. The minimum absolute atomic E-state index is 0.0910. The molecular weight excluding hydrogens is 235 g/mol. The number of nitrogens with zero attached hydrogens (tertiary/aromatic N) is 2. The van der Waals surface area contributed by atoms with Crippen LogP contribution in [-0.4, -0.2) is 34.8 Å². The Bertz CT molecular complexity index is 363. The number of piperidine rings is 1. The Labute approximate surface area is 96.2 Å². The van der Waals surface area contributed by atoms with Crippen LogP contribution in [0.15, 0.2) is 18.6 Å². The van der Waals surface area contributed by atoms with Crippen molar-refractivity contribution in [1.82, 2.24) is 15.3 Å². The molecule has 0 aliphatic carbocycles. The Morgan fingerprint density at radius 1 is 1.24 bits per heavy atom. The zero-order valence-electron chi connectivity index (χ0n) is 9.00. The van der Waals surface area contributed by atoms with Crippen molar-refractivity contribution in [2.75, 3.05) is 13.1 Å². The van der Waals surface area contributed by atoms with Gasteiger partial charge in [-0.3, -0.25) is 4.98 Å². The molecule has 1 fully saturated rings. The van der Waals surface area contributed by atoms with Crippen molar-refractivity contribution in [2.24, 2.45) is 0 Å². The molecule has 1 aromatic heterocycles. The van der Waals surface area contributed by atoms with E-state index in [0.29, 0.717) is 0 Å². The lowest BCUT2D eigenvalue weighted by Gasteiger charge is -2.38. The molecule has 1 N–H and O–H groups in total. The highest BCUT2D eigenvalue weighted by molar-refractivity contribution is 5.07. The van der Waals surface area contributed by atoms with Crippen LogP contribution >= 0.6 is 0 Å². The fourth-order valence-corrected chi connectivity index (χ4v) is 1.81. The van der Waals surface area contributed by atoms with Gasteiger partial charge in [-0.05, 0) is 13.1 Å². The number of hydrogen-bond acceptors (Lipinski definition) is 4. The molecule has 1 aromatic rings. The first kappa shape index (κ1) is 12.1. The molecule has 7 heteroatoms. The van der Waals surface area contributed by atoms with Crippen molar-refractivity contribution in [3.8, 4) is 5.88 Å². The van der Waals surface area contributed by atoms with Crippen LogP contribution in [0.3, 0.4) is 0 Å². The number of halogens is 3. The molecule has 4 nitrogen and oxygen atoms in total. The third kappa shape index (κ3) is 2.49. The van der Waals surface area contributed by atoms with Gasteiger partial charge in [0, 0.05) is 25.2 Å². The molecule has 0 amide bonds. The van der Waals surface area contributed by atoms with Gasteiger partial charge in [-0.25, -0.2) is 4.98 Å². The molecule has 0 bridgehead atoms. The van der Waals surface area contributed by atoms with E-state index in [4.69, 9.17) is 4.74 Å². The molecule has 94 valence electrons. The maximum Gasteiger partial charge on any atom is 0.428 e. The Kier molecular flexibility index (Phi) is 3.19. The number of rotatable bonds is 2. The molecule has 1 aliphatic heterocycles. The molecule has 1 saturated heterocycles. The lowest BCUT2D eigenvalue weighted by Crippen LogP contribution is -2.56. The minimum atomic E-state index is -4.41. The zero-order chi connectivity index (χ0) is 12.4. The molecule has 0 radical (unpaired) electrons. The number of alkyl halides is 3. The van der Waals surface area contributed by atoms with E-state index in [1.54, 1.807) is 0 Å². The van der Waals surface area contributed by atoms with Gasteiger partial charge in [-0.1, -0.05) is 0 Å². The fourth-order valence-electron chi connectivity index (χ4n) is 1.81. The first-order valence-corrected chi connectivity index (χ1v) is 5.26. The monoisotopic (exact) mass is 247 g/mol. The first-order chi connectivity index (χ1) is 8.04. The molecule has 0 aromatic carbocycles. The Morgan fingerprint density at radius 2 is 1.94 bits per heavy atom. The van der Waals surface area contributed by atoms with Crippen molar-refractivity contribution in [3.63, 3.8) is 0 Å². The zero-order valence-corrected chi connectivity index (χ0v) is 9.00. The van der Waals surface area contributed by atoms with Crippen molar-refractivity contribution in [3.05, 3.63) is 18.6 Å². The minimum Gasteiger partial charge on any atom is -0.460 e. The predicted molar refractivity (Wildman–Crippen MR) is 53.5 cm³/mol. The number of nitrogens with one attached hydrogen (secondary N) is 1. The van der Waals surface area contributed by atoms with E-state index in [2.05, 4.69) is 15.3 Å². The normalized spacial score (nSPS) is 19.9. The molecule has 2 rings (SSSR count). The van der Waals surface area contributed by atoms with Crippen LogP contribution in [0, 0.1) is 0 Å².